The second kappa shape index (κ2) is 12.7. The maximum Gasteiger partial charge on any atom is 0.269 e. The average Bonchev–Trinajstić information content (AvgIpc) is 3.13. The zero-order valence-corrected chi connectivity index (χ0v) is 24.0. The second-order valence-corrected chi connectivity index (χ2v) is 12.3. The molecule has 40 heavy (non-hydrogen) atoms. The third-order valence-corrected chi connectivity index (χ3v) is 8.90. The molecular formula is C30H32ClN3O5S. The van der Waals surface area contributed by atoms with Crippen molar-refractivity contribution in [2.75, 3.05) is 13.1 Å². The Hall–Kier alpha value is -3.69. The van der Waals surface area contributed by atoms with Gasteiger partial charge in [-0.15, -0.1) is 0 Å². The lowest BCUT2D eigenvalue weighted by molar-refractivity contribution is -0.141. The van der Waals surface area contributed by atoms with Crippen molar-refractivity contribution >= 4 is 39.3 Å². The molecule has 0 bridgehead atoms. The van der Waals surface area contributed by atoms with Crippen LogP contribution in [0.4, 0.5) is 0 Å². The molecule has 3 amide bonds. The molecular weight excluding hydrogens is 550 g/mol. The van der Waals surface area contributed by atoms with Gasteiger partial charge in [-0.25, -0.2) is 12.7 Å². The van der Waals surface area contributed by atoms with Crippen molar-refractivity contribution in [3.63, 3.8) is 0 Å². The number of carbonyl (C=O) groups is 3. The Morgan fingerprint density at radius 1 is 0.950 bits per heavy atom. The van der Waals surface area contributed by atoms with E-state index in [1.807, 2.05) is 44.2 Å². The van der Waals surface area contributed by atoms with Crippen LogP contribution in [0.1, 0.15) is 41.8 Å². The number of amides is 3. The van der Waals surface area contributed by atoms with Gasteiger partial charge in [0.15, 0.2) is 0 Å². The third-order valence-electron chi connectivity index (χ3n) is 6.69. The van der Waals surface area contributed by atoms with E-state index in [0.29, 0.717) is 17.1 Å². The summed E-state index contributed by atoms with van der Waals surface area (Å²) in [5.74, 6) is -1.27. The summed E-state index contributed by atoms with van der Waals surface area (Å²) in [5, 5.41) is 3.38. The minimum atomic E-state index is -4.07. The Bertz CT molecular complexity index is 1490. The van der Waals surface area contributed by atoms with Crippen LogP contribution < -0.4 is 5.32 Å². The van der Waals surface area contributed by atoms with E-state index in [1.54, 1.807) is 36.4 Å². The zero-order chi connectivity index (χ0) is 28.9. The van der Waals surface area contributed by atoms with Crippen molar-refractivity contribution in [2.24, 2.45) is 5.92 Å². The lowest BCUT2D eigenvalue weighted by atomic mass is 10.0. The summed E-state index contributed by atoms with van der Waals surface area (Å²) in [7, 11) is -4.07. The Kier molecular flexibility index (Phi) is 9.27. The predicted octanol–water partition coefficient (Wildman–Crippen LogP) is 4.29. The van der Waals surface area contributed by atoms with Crippen molar-refractivity contribution in [3.8, 4) is 0 Å². The van der Waals surface area contributed by atoms with Gasteiger partial charge in [0.25, 0.3) is 15.9 Å². The number of carbonyl (C=O) groups excluding carboxylic acids is 3. The molecule has 1 heterocycles. The topological polar surface area (TPSA) is 104 Å². The van der Waals surface area contributed by atoms with Crippen LogP contribution in [0, 0.1) is 5.92 Å². The van der Waals surface area contributed by atoms with Gasteiger partial charge in [0.05, 0.1) is 5.56 Å². The Morgan fingerprint density at radius 2 is 1.60 bits per heavy atom. The number of hydrogen-bond acceptors (Lipinski definition) is 5. The summed E-state index contributed by atoms with van der Waals surface area (Å²) in [6.07, 6.45) is -0.0560. The van der Waals surface area contributed by atoms with Crippen LogP contribution in [0.5, 0.6) is 0 Å². The standard InChI is InChI=1S/C30H32ClN3O5S/c1-21(2)19-32-29(36)26(18-22-10-4-3-5-11-22)33(20-23-12-6-8-14-25(23)31)28(35)16-17-34-30(37)24-13-7-9-15-27(24)40(34,38)39/h3-15,21,26H,16-20H2,1-2H3,(H,32,36)/t26-/m1/s1. The number of nitrogens with zero attached hydrogens (tertiary/aromatic N) is 2. The number of sulfonamides is 1. The van der Waals surface area contributed by atoms with Gasteiger partial charge in [-0.3, -0.25) is 14.4 Å². The first-order chi connectivity index (χ1) is 19.1. The summed E-state index contributed by atoms with van der Waals surface area (Å²) in [4.78, 5) is 41.7. The van der Waals surface area contributed by atoms with Gasteiger partial charge < -0.3 is 10.2 Å². The maximum atomic E-state index is 13.9. The molecule has 0 saturated heterocycles. The van der Waals surface area contributed by atoms with E-state index in [4.69, 9.17) is 11.6 Å². The summed E-state index contributed by atoms with van der Waals surface area (Å²) < 4.78 is 26.8. The molecule has 8 nitrogen and oxygen atoms in total. The Balaban J connectivity index is 1.64. The third kappa shape index (κ3) is 6.54. The summed E-state index contributed by atoms with van der Waals surface area (Å²) in [5.41, 5.74) is 1.58. The minimum Gasteiger partial charge on any atom is -0.354 e. The number of fused-ring (bicyclic) bond motifs is 1. The lowest BCUT2D eigenvalue weighted by Crippen LogP contribution is -2.51. The highest BCUT2D eigenvalue weighted by Gasteiger charge is 2.41. The van der Waals surface area contributed by atoms with Gasteiger partial charge >= 0.3 is 0 Å². The molecule has 0 spiro atoms. The molecule has 3 aromatic carbocycles. The molecule has 3 aromatic rings. The molecule has 1 aliphatic rings. The molecule has 0 radical (unpaired) electrons. The molecule has 0 saturated carbocycles. The monoisotopic (exact) mass is 581 g/mol. The van der Waals surface area contributed by atoms with Crippen LogP contribution in [0.15, 0.2) is 83.8 Å². The largest absolute Gasteiger partial charge is 0.354 e. The molecule has 0 aliphatic carbocycles. The normalized spacial score (nSPS) is 14.6. The average molecular weight is 582 g/mol. The highest BCUT2D eigenvalue weighted by Crippen LogP contribution is 2.30. The van der Waals surface area contributed by atoms with Gasteiger partial charge in [-0.2, -0.15) is 0 Å². The first kappa shape index (κ1) is 29.3. The Morgan fingerprint density at radius 3 is 2.27 bits per heavy atom. The highest BCUT2D eigenvalue weighted by atomic mass is 35.5. The van der Waals surface area contributed by atoms with Gasteiger partial charge in [-0.05, 0) is 35.2 Å². The first-order valence-electron chi connectivity index (χ1n) is 13.1. The van der Waals surface area contributed by atoms with E-state index in [2.05, 4.69) is 5.32 Å². The number of nitrogens with one attached hydrogen (secondary N) is 1. The van der Waals surface area contributed by atoms with E-state index in [0.717, 1.165) is 9.87 Å². The van der Waals surface area contributed by atoms with Crippen molar-refractivity contribution < 1.29 is 22.8 Å². The number of hydrogen-bond donors (Lipinski definition) is 1. The van der Waals surface area contributed by atoms with Crippen LogP contribution >= 0.6 is 11.6 Å². The van der Waals surface area contributed by atoms with Crippen molar-refractivity contribution in [3.05, 3.63) is 101 Å². The molecule has 4 rings (SSSR count). The smallest absolute Gasteiger partial charge is 0.269 e. The molecule has 0 aromatic heterocycles. The fraction of sp³-hybridized carbons (Fsp3) is 0.300. The van der Waals surface area contributed by atoms with E-state index < -0.39 is 27.9 Å². The summed E-state index contributed by atoms with van der Waals surface area (Å²) in [6.45, 7) is 4.07. The lowest BCUT2D eigenvalue weighted by Gasteiger charge is -2.32. The molecule has 210 valence electrons. The SMILES string of the molecule is CC(C)CNC(=O)[C@@H](Cc1ccccc1)N(Cc1ccccc1Cl)C(=O)CCN1C(=O)c2ccccc2S1(=O)=O. The van der Waals surface area contributed by atoms with E-state index in [1.165, 1.54) is 17.0 Å². The molecule has 1 N–H and O–H groups in total. The van der Waals surface area contributed by atoms with Crippen LogP contribution in [0.25, 0.3) is 0 Å². The van der Waals surface area contributed by atoms with Gasteiger partial charge in [0, 0.05) is 37.5 Å². The number of benzene rings is 3. The molecule has 0 unspecified atom stereocenters. The molecule has 0 fully saturated rings. The van der Waals surface area contributed by atoms with Gasteiger partial charge in [0.2, 0.25) is 11.8 Å². The molecule has 10 heteroatoms. The van der Waals surface area contributed by atoms with Crippen LogP contribution in [0.3, 0.4) is 0 Å². The van der Waals surface area contributed by atoms with E-state index in [-0.39, 0.29) is 48.2 Å². The quantitative estimate of drug-likeness (QED) is 0.364. The highest BCUT2D eigenvalue weighted by molar-refractivity contribution is 7.90. The van der Waals surface area contributed by atoms with Crippen molar-refractivity contribution in [1.29, 1.82) is 0 Å². The Labute approximate surface area is 240 Å². The van der Waals surface area contributed by atoms with Crippen molar-refractivity contribution in [2.45, 2.75) is 44.2 Å². The summed E-state index contributed by atoms with van der Waals surface area (Å²) in [6, 6.07) is 21.5. The zero-order valence-electron chi connectivity index (χ0n) is 22.4. The van der Waals surface area contributed by atoms with Crippen LogP contribution in [0.2, 0.25) is 5.02 Å². The van der Waals surface area contributed by atoms with E-state index >= 15 is 0 Å². The first-order valence-corrected chi connectivity index (χ1v) is 14.9. The fourth-order valence-electron chi connectivity index (χ4n) is 4.58. The predicted molar refractivity (Wildman–Crippen MR) is 153 cm³/mol. The minimum absolute atomic E-state index is 0.0338. The van der Waals surface area contributed by atoms with Gasteiger partial charge in [0.1, 0.15) is 10.9 Å². The fourth-order valence-corrected chi connectivity index (χ4v) is 6.34. The molecule has 1 aliphatic heterocycles. The second-order valence-electron chi connectivity index (χ2n) is 10.1. The summed E-state index contributed by atoms with van der Waals surface area (Å²) >= 11 is 6.44. The maximum absolute atomic E-state index is 13.9. The van der Waals surface area contributed by atoms with Gasteiger partial charge in [-0.1, -0.05) is 86.1 Å². The molecule has 1 atom stereocenters. The number of halogens is 1. The van der Waals surface area contributed by atoms with E-state index in [9.17, 15) is 22.8 Å². The van der Waals surface area contributed by atoms with Crippen molar-refractivity contribution in [1.82, 2.24) is 14.5 Å². The number of rotatable bonds is 11. The van der Waals surface area contributed by atoms with Crippen LogP contribution in [-0.4, -0.2) is 54.5 Å². The van der Waals surface area contributed by atoms with Crippen LogP contribution in [-0.2, 0) is 32.6 Å².